The number of rotatable bonds is 6. The van der Waals surface area contributed by atoms with Crippen LogP contribution < -0.4 is 4.74 Å². The largest absolute Gasteiger partial charge is 0.426 e. The van der Waals surface area contributed by atoms with E-state index in [1.807, 2.05) is 36.4 Å². The van der Waals surface area contributed by atoms with Gasteiger partial charge < -0.3 is 4.74 Å². The van der Waals surface area contributed by atoms with Crippen LogP contribution in [-0.4, -0.2) is 11.8 Å². The van der Waals surface area contributed by atoms with Crippen LogP contribution in [0.25, 0.3) is 23.3 Å². The summed E-state index contributed by atoms with van der Waals surface area (Å²) in [6.45, 7) is 9.00. The predicted octanol–water partition coefficient (Wildman–Crippen LogP) is 4.52. The van der Waals surface area contributed by atoms with Crippen LogP contribution in [-0.2, 0) is 9.59 Å². The minimum atomic E-state index is -0.580. The minimum absolute atomic E-state index is 0.236. The van der Waals surface area contributed by atoms with Crippen LogP contribution in [0.5, 0.6) is 5.75 Å². The van der Waals surface area contributed by atoms with Crippen molar-refractivity contribution in [1.82, 2.24) is 0 Å². The van der Waals surface area contributed by atoms with Gasteiger partial charge in [-0.05, 0) is 29.7 Å². The highest BCUT2D eigenvalue weighted by Crippen LogP contribution is 2.34. The van der Waals surface area contributed by atoms with Gasteiger partial charge in [-0.15, -0.1) is 0 Å². The fraction of sp³-hybridized carbons (Fsp3) is 0.100. The number of hydrogen-bond donors (Lipinski definition) is 0. The summed E-state index contributed by atoms with van der Waals surface area (Å²) in [5, 5.41) is 0. The Kier molecular flexibility index (Phi) is 5.26. The van der Waals surface area contributed by atoms with Gasteiger partial charge in [-0.1, -0.05) is 61.7 Å². The molecular weight excluding hydrogens is 288 g/mol. The zero-order valence-electron chi connectivity index (χ0n) is 13.0. The second-order valence-electron chi connectivity index (χ2n) is 5.07. The molecule has 2 aromatic carbocycles. The van der Waals surface area contributed by atoms with Crippen molar-refractivity contribution in [2.45, 2.75) is 13.3 Å². The molecule has 2 rings (SSSR count). The average Bonchev–Trinajstić information content (AvgIpc) is 2.54. The first-order valence-electron chi connectivity index (χ1n) is 7.24. The fourth-order valence-corrected chi connectivity index (χ4v) is 2.37. The first-order chi connectivity index (χ1) is 11.1. The Bertz CT molecular complexity index is 758. The monoisotopic (exact) mass is 306 g/mol. The molecule has 0 aromatic heterocycles. The number of carbonyl (C=O) groups is 2. The average molecular weight is 306 g/mol. The molecule has 0 saturated carbocycles. The van der Waals surface area contributed by atoms with Gasteiger partial charge in [0.25, 0.3) is 0 Å². The topological polar surface area (TPSA) is 43.4 Å². The third-order valence-corrected chi connectivity index (χ3v) is 3.36. The molecule has 0 aliphatic rings. The van der Waals surface area contributed by atoms with E-state index in [-0.39, 0.29) is 12.2 Å². The fourth-order valence-electron chi connectivity index (χ4n) is 2.37. The van der Waals surface area contributed by atoms with Gasteiger partial charge in [0.1, 0.15) is 18.0 Å². The Morgan fingerprint density at radius 3 is 2.22 bits per heavy atom. The SMILES string of the molecule is C=Cc1c(OC(=O)CC(C)=O)ccc(-c2ccccc2)c1C=C. The normalized spacial score (nSPS) is 9.96. The van der Waals surface area contributed by atoms with E-state index in [4.69, 9.17) is 4.74 Å². The summed E-state index contributed by atoms with van der Waals surface area (Å²) in [5.74, 6) is -0.441. The van der Waals surface area contributed by atoms with Crippen molar-refractivity contribution in [3.63, 3.8) is 0 Å². The molecular formula is C20H18O3. The van der Waals surface area contributed by atoms with Crippen molar-refractivity contribution < 1.29 is 14.3 Å². The van der Waals surface area contributed by atoms with Gasteiger partial charge in [0.2, 0.25) is 0 Å². The van der Waals surface area contributed by atoms with Crippen LogP contribution in [0.4, 0.5) is 0 Å². The Morgan fingerprint density at radius 2 is 1.65 bits per heavy atom. The minimum Gasteiger partial charge on any atom is -0.426 e. The molecule has 0 bridgehead atoms. The molecule has 0 N–H and O–H groups in total. The Hall–Kier alpha value is -2.94. The van der Waals surface area contributed by atoms with E-state index in [0.29, 0.717) is 11.3 Å². The zero-order valence-corrected chi connectivity index (χ0v) is 13.0. The van der Waals surface area contributed by atoms with Crippen LogP contribution in [0.15, 0.2) is 55.6 Å². The molecule has 3 nitrogen and oxygen atoms in total. The summed E-state index contributed by atoms with van der Waals surface area (Å²) in [6, 6.07) is 13.4. The summed E-state index contributed by atoms with van der Waals surface area (Å²) in [7, 11) is 0. The Labute approximate surface area is 135 Å². The molecule has 0 atom stereocenters. The quantitative estimate of drug-likeness (QED) is 0.447. The lowest BCUT2D eigenvalue weighted by Crippen LogP contribution is -2.12. The summed E-state index contributed by atoms with van der Waals surface area (Å²) in [5.41, 5.74) is 3.52. The van der Waals surface area contributed by atoms with Crippen molar-refractivity contribution in [3.05, 3.63) is 66.7 Å². The summed E-state index contributed by atoms with van der Waals surface area (Å²) in [4.78, 5) is 22.8. The van der Waals surface area contributed by atoms with Crippen LogP contribution >= 0.6 is 0 Å². The van der Waals surface area contributed by atoms with Crippen molar-refractivity contribution in [1.29, 1.82) is 0 Å². The van der Waals surface area contributed by atoms with E-state index in [2.05, 4.69) is 13.2 Å². The number of ether oxygens (including phenoxy) is 1. The maximum Gasteiger partial charge on any atom is 0.318 e. The Morgan fingerprint density at radius 1 is 1.00 bits per heavy atom. The molecule has 2 aromatic rings. The van der Waals surface area contributed by atoms with Crippen LogP contribution in [0, 0.1) is 0 Å². The maximum atomic E-state index is 11.7. The zero-order chi connectivity index (χ0) is 16.8. The molecule has 0 saturated heterocycles. The first-order valence-corrected chi connectivity index (χ1v) is 7.24. The highest BCUT2D eigenvalue weighted by molar-refractivity contribution is 5.95. The van der Waals surface area contributed by atoms with Crippen LogP contribution in [0.3, 0.4) is 0 Å². The number of hydrogen-bond acceptors (Lipinski definition) is 3. The molecule has 0 spiro atoms. The maximum absolute atomic E-state index is 11.7. The van der Waals surface area contributed by atoms with Gasteiger partial charge in [0, 0.05) is 5.56 Å². The molecule has 0 amide bonds. The van der Waals surface area contributed by atoms with Gasteiger partial charge in [-0.25, -0.2) is 0 Å². The lowest BCUT2D eigenvalue weighted by atomic mass is 9.94. The molecule has 0 radical (unpaired) electrons. The number of Topliss-reactive ketones (excluding diaryl/α,β-unsaturated/α-hetero) is 1. The predicted molar refractivity (Wildman–Crippen MR) is 93.0 cm³/mol. The second-order valence-corrected chi connectivity index (χ2v) is 5.07. The van der Waals surface area contributed by atoms with E-state index in [9.17, 15) is 9.59 Å². The number of carbonyl (C=O) groups excluding carboxylic acids is 2. The van der Waals surface area contributed by atoms with Gasteiger partial charge in [0.15, 0.2) is 0 Å². The number of benzene rings is 2. The second kappa shape index (κ2) is 7.36. The molecule has 0 heterocycles. The summed E-state index contributed by atoms with van der Waals surface area (Å²) >= 11 is 0. The van der Waals surface area contributed by atoms with E-state index >= 15 is 0 Å². The van der Waals surface area contributed by atoms with Crippen molar-refractivity contribution >= 4 is 23.9 Å². The molecule has 3 heteroatoms. The first kappa shape index (κ1) is 16.4. The molecule has 0 aliphatic heterocycles. The summed E-state index contributed by atoms with van der Waals surface area (Å²) in [6.07, 6.45) is 3.09. The number of ketones is 1. The van der Waals surface area contributed by atoms with Crippen molar-refractivity contribution in [2.75, 3.05) is 0 Å². The van der Waals surface area contributed by atoms with Gasteiger partial charge >= 0.3 is 5.97 Å². The van der Waals surface area contributed by atoms with Gasteiger partial charge in [0.05, 0.1) is 0 Å². The lowest BCUT2D eigenvalue weighted by Gasteiger charge is -2.14. The molecule has 116 valence electrons. The van der Waals surface area contributed by atoms with Crippen molar-refractivity contribution in [3.8, 4) is 16.9 Å². The smallest absolute Gasteiger partial charge is 0.318 e. The van der Waals surface area contributed by atoms with Crippen LogP contribution in [0.2, 0.25) is 0 Å². The molecule has 0 unspecified atom stereocenters. The molecule has 23 heavy (non-hydrogen) atoms. The Balaban J connectivity index is 2.47. The highest BCUT2D eigenvalue weighted by Gasteiger charge is 2.15. The van der Waals surface area contributed by atoms with E-state index in [1.165, 1.54) is 6.92 Å². The third-order valence-electron chi connectivity index (χ3n) is 3.36. The number of esters is 1. The molecule has 0 aliphatic carbocycles. The van der Waals surface area contributed by atoms with Gasteiger partial charge in [-0.3, -0.25) is 9.59 Å². The lowest BCUT2D eigenvalue weighted by molar-refractivity contribution is -0.137. The van der Waals surface area contributed by atoms with Crippen molar-refractivity contribution in [2.24, 2.45) is 0 Å². The van der Waals surface area contributed by atoms with Crippen LogP contribution in [0.1, 0.15) is 24.5 Å². The van der Waals surface area contributed by atoms with E-state index < -0.39 is 5.97 Å². The molecule has 0 fully saturated rings. The van der Waals surface area contributed by atoms with Gasteiger partial charge in [-0.2, -0.15) is 0 Å². The third kappa shape index (κ3) is 3.83. The standard InChI is InChI=1S/C20H18O3/c1-4-16-17(5-2)19(23-20(22)13-14(3)21)12-11-18(16)15-9-7-6-8-10-15/h4-12H,1-2,13H2,3H3. The van der Waals surface area contributed by atoms with E-state index in [1.54, 1.807) is 18.2 Å². The van der Waals surface area contributed by atoms with E-state index in [0.717, 1.165) is 16.7 Å². The summed E-state index contributed by atoms with van der Waals surface area (Å²) < 4.78 is 5.30. The highest BCUT2D eigenvalue weighted by atomic mass is 16.5.